The van der Waals surface area contributed by atoms with E-state index >= 15 is 0 Å². The smallest absolute Gasteiger partial charge is 0.256 e. The molecule has 0 spiro atoms. The van der Waals surface area contributed by atoms with E-state index in [0.29, 0.717) is 23.4 Å². The Labute approximate surface area is 161 Å². The van der Waals surface area contributed by atoms with Crippen molar-refractivity contribution in [2.45, 2.75) is 12.8 Å². The van der Waals surface area contributed by atoms with Gasteiger partial charge in [0.15, 0.2) is 6.40 Å². The maximum absolute atomic E-state index is 13.0. The normalized spacial score (nSPS) is 15.9. The minimum absolute atomic E-state index is 0.132. The van der Waals surface area contributed by atoms with Crippen LogP contribution in [0.4, 0.5) is 0 Å². The Morgan fingerprint density at radius 2 is 1.96 bits per heavy atom. The third-order valence-electron chi connectivity index (χ3n) is 4.58. The molecule has 1 unspecified atom stereocenters. The van der Waals surface area contributed by atoms with Crippen molar-refractivity contribution in [3.63, 3.8) is 0 Å². The summed E-state index contributed by atoms with van der Waals surface area (Å²) in [6.45, 7) is 2.28. The van der Waals surface area contributed by atoms with E-state index in [1.807, 2.05) is 61.5 Å². The highest BCUT2D eigenvalue weighted by Crippen LogP contribution is 2.44. The van der Waals surface area contributed by atoms with Crippen LogP contribution in [0.5, 0.6) is 5.75 Å². The molecule has 6 nitrogen and oxygen atoms in total. The van der Waals surface area contributed by atoms with Gasteiger partial charge in [0.25, 0.3) is 5.56 Å². The Bertz CT molecular complexity index is 1190. The summed E-state index contributed by atoms with van der Waals surface area (Å²) in [5.74, 6) is -0.0407. The number of para-hydroxylation sites is 1. The van der Waals surface area contributed by atoms with Gasteiger partial charge >= 0.3 is 0 Å². The van der Waals surface area contributed by atoms with Crippen molar-refractivity contribution in [1.29, 1.82) is 5.26 Å². The van der Waals surface area contributed by atoms with Crippen LogP contribution in [0.2, 0.25) is 0 Å². The molecule has 0 fully saturated rings. The molecule has 1 atom stereocenters. The van der Waals surface area contributed by atoms with Crippen molar-refractivity contribution in [1.82, 2.24) is 4.98 Å². The van der Waals surface area contributed by atoms with E-state index < -0.39 is 5.92 Å². The second kappa shape index (κ2) is 7.41. The molecular weight excluding hydrogens is 354 g/mol. The van der Waals surface area contributed by atoms with Crippen molar-refractivity contribution < 1.29 is 9.47 Å². The summed E-state index contributed by atoms with van der Waals surface area (Å²) in [5.41, 5.74) is 1.84. The second-order valence-corrected chi connectivity index (χ2v) is 6.21. The summed E-state index contributed by atoms with van der Waals surface area (Å²) in [4.78, 5) is 20.1. The number of hydrogen-bond acceptors (Lipinski definition) is 5. The molecule has 1 aromatic heterocycles. The first-order chi connectivity index (χ1) is 13.7. The quantitative estimate of drug-likeness (QED) is 0.557. The van der Waals surface area contributed by atoms with E-state index in [-0.39, 0.29) is 17.0 Å². The molecule has 0 radical (unpaired) electrons. The van der Waals surface area contributed by atoms with Crippen LogP contribution >= 0.6 is 0 Å². The fourth-order valence-electron chi connectivity index (χ4n) is 3.37. The zero-order valence-corrected chi connectivity index (χ0v) is 15.2. The summed E-state index contributed by atoms with van der Waals surface area (Å²) in [5, 5.41) is 10.6. The first-order valence-electron chi connectivity index (χ1n) is 8.90. The zero-order valence-electron chi connectivity index (χ0n) is 15.2. The summed E-state index contributed by atoms with van der Waals surface area (Å²) in [6.07, 6.45) is 1.26. The Morgan fingerprint density at radius 1 is 1.21 bits per heavy atom. The largest absolute Gasteiger partial charge is 0.483 e. The molecule has 138 valence electrons. The van der Waals surface area contributed by atoms with Crippen molar-refractivity contribution >= 4 is 17.3 Å². The first-order valence-corrected chi connectivity index (χ1v) is 8.90. The number of fused-ring (bicyclic) bond motifs is 3. The average molecular weight is 371 g/mol. The highest BCUT2D eigenvalue weighted by molar-refractivity contribution is 5.87. The number of nitriles is 1. The molecule has 2 aromatic carbocycles. The number of benzene rings is 2. The molecule has 6 heteroatoms. The topological polar surface area (TPSA) is 87.5 Å². The van der Waals surface area contributed by atoms with Gasteiger partial charge in [-0.25, -0.2) is 0 Å². The summed E-state index contributed by atoms with van der Waals surface area (Å²) >= 11 is 0. The van der Waals surface area contributed by atoms with Crippen LogP contribution in [0.15, 0.2) is 75.8 Å². The van der Waals surface area contributed by atoms with Crippen LogP contribution in [-0.2, 0) is 4.74 Å². The minimum Gasteiger partial charge on any atom is -0.483 e. The highest BCUT2D eigenvalue weighted by Gasteiger charge is 2.35. The van der Waals surface area contributed by atoms with Crippen molar-refractivity contribution in [2.24, 2.45) is 4.99 Å². The lowest BCUT2D eigenvalue weighted by atomic mass is 9.83. The standard InChI is InChI=1S/C22H17N3O3/c1-2-27-13-24-22-16(12-23)18(14-8-4-3-5-9-14)19-20(28-22)15-10-6-7-11-17(15)25-21(19)26/h3-11,13,18H,2H2,1H3,(H,25,26)/b24-13+. The Morgan fingerprint density at radius 3 is 2.71 bits per heavy atom. The molecule has 0 saturated carbocycles. The minimum atomic E-state index is -0.586. The number of allylic oxidation sites excluding steroid dienone is 1. The lowest BCUT2D eigenvalue weighted by molar-refractivity contribution is 0.336. The SMILES string of the molecule is CCO/C=N/C1=C(C#N)C(c2ccccc2)c2c(c3ccccc3[nH]c2=O)O1. The van der Waals surface area contributed by atoms with Crippen LogP contribution in [-0.4, -0.2) is 18.0 Å². The lowest BCUT2D eigenvalue weighted by Gasteiger charge is -2.26. The highest BCUT2D eigenvalue weighted by atomic mass is 16.5. The Hall–Kier alpha value is -3.85. The van der Waals surface area contributed by atoms with Crippen LogP contribution < -0.4 is 10.3 Å². The van der Waals surface area contributed by atoms with Gasteiger partial charge in [-0.2, -0.15) is 10.3 Å². The van der Waals surface area contributed by atoms with E-state index in [1.54, 1.807) is 0 Å². The number of hydrogen-bond donors (Lipinski definition) is 1. The molecule has 1 aliphatic heterocycles. The molecular formula is C22H17N3O3. The Balaban J connectivity index is 2.03. The molecule has 0 amide bonds. The molecule has 28 heavy (non-hydrogen) atoms. The van der Waals surface area contributed by atoms with E-state index in [9.17, 15) is 10.1 Å². The van der Waals surface area contributed by atoms with Crippen molar-refractivity contribution in [2.75, 3.05) is 6.61 Å². The maximum atomic E-state index is 13.0. The molecule has 4 rings (SSSR count). The molecule has 0 bridgehead atoms. The molecule has 0 saturated heterocycles. The lowest BCUT2D eigenvalue weighted by Crippen LogP contribution is -2.25. The third kappa shape index (κ3) is 2.93. The maximum Gasteiger partial charge on any atom is 0.256 e. The first kappa shape index (κ1) is 17.6. The average Bonchev–Trinajstić information content (AvgIpc) is 2.73. The van der Waals surface area contributed by atoms with Gasteiger partial charge in [0, 0.05) is 5.39 Å². The summed E-state index contributed by atoms with van der Waals surface area (Å²) in [6, 6.07) is 19.0. The number of nitrogens with zero attached hydrogens (tertiary/aromatic N) is 2. The molecule has 3 aromatic rings. The molecule has 0 aliphatic carbocycles. The van der Waals surface area contributed by atoms with Gasteiger partial charge in [-0.3, -0.25) is 4.79 Å². The zero-order chi connectivity index (χ0) is 19.5. The van der Waals surface area contributed by atoms with E-state index in [2.05, 4.69) is 16.0 Å². The van der Waals surface area contributed by atoms with Crippen molar-refractivity contribution in [3.8, 4) is 11.8 Å². The summed E-state index contributed by atoms with van der Waals surface area (Å²) < 4.78 is 11.2. The van der Waals surface area contributed by atoms with Gasteiger partial charge in [-0.1, -0.05) is 42.5 Å². The fourth-order valence-corrected chi connectivity index (χ4v) is 3.37. The van der Waals surface area contributed by atoms with E-state index in [4.69, 9.17) is 9.47 Å². The molecule has 2 heterocycles. The monoisotopic (exact) mass is 371 g/mol. The van der Waals surface area contributed by atoms with Crippen LogP contribution in [0.3, 0.4) is 0 Å². The number of aromatic amines is 1. The Kier molecular flexibility index (Phi) is 4.65. The molecule has 1 aliphatic rings. The van der Waals surface area contributed by atoms with Gasteiger partial charge in [0.05, 0.1) is 23.6 Å². The third-order valence-corrected chi connectivity index (χ3v) is 4.58. The summed E-state index contributed by atoms with van der Waals surface area (Å²) in [7, 11) is 0. The number of pyridine rings is 1. The predicted octanol–water partition coefficient (Wildman–Crippen LogP) is 3.85. The van der Waals surface area contributed by atoms with Crippen LogP contribution in [0.25, 0.3) is 10.9 Å². The number of aromatic nitrogens is 1. The number of ether oxygens (including phenoxy) is 2. The van der Waals surface area contributed by atoms with Crippen LogP contribution in [0.1, 0.15) is 24.0 Å². The number of nitrogens with one attached hydrogen (secondary N) is 1. The van der Waals surface area contributed by atoms with Gasteiger partial charge in [-0.15, -0.1) is 0 Å². The second-order valence-electron chi connectivity index (χ2n) is 6.21. The fraction of sp³-hybridized carbons (Fsp3) is 0.136. The van der Waals surface area contributed by atoms with Crippen molar-refractivity contribution in [3.05, 3.63) is 87.5 Å². The van der Waals surface area contributed by atoms with Gasteiger partial charge in [0.2, 0.25) is 5.88 Å². The van der Waals surface area contributed by atoms with Gasteiger partial charge in [0.1, 0.15) is 17.4 Å². The van der Waals surface area contributed by atoms with E-state index in [1.165, 1.54) is 6.40 Å². The number of H-pyrrole nitrogens is 1. The van der Waals surface area contributed by atoms with Gasteiger partial charge in [-0.05, 0) is 24.6 Å². The number of aliphatic imine (C=N–C) groups is 1. The van der Waals surface area contributed by atoms with E-state index in [0.717, 1.165) is 10.9 Å². The van der Waals surface area contributed by atoms with Crippen LogP contribution in [0, 0.1) is 11.3 Å². The molecule has 1 N–H and O–H groups in total. The van der Waals surface area contributed by atoms with Gasteiger partial charge < -0.3 is 14.5 Å². The number of rotatable bonds is 4. The predicted molar refractivity (Wildman–Crippen MR) is 106 cm³/mol.